The van der Waals surface area contributed by atoms with Gasteiger partial charge in [0.25, 0.3) is 0 Å². The van der Waals surface area contributed by atoms with Gasteiger partial charge in [-0.05, 0) is 30.7 Å². The Kier molecular flexibility index (Phi) is 2.82. The first-order valence-corrected chi connectivity index (χ1v) is 5.57. The number of nitrogens with two attached hydrogens (primary N) is 1. The van der Waals surface area contributed by atoms with Crippen LogP contribution in [0, 0.1) is 6.92 Å². The summed E-state index contributed by atoms with van der Waals surface area (Å²) in [4.78, 5) is 3.24. The molecule has 2 aromatic rings. The van der Waals surface area contributed by atoms with E-state index in [9.17, 15) is 0 Å². The molecule has 0 fully saturated rings. The first kappa shape index (κ1) is 10.7. The number of hydrogen-bond donors (Lipinski definition) is 3. The summed E-state index contributed by atoms with van der Waals surface area (Å²) in [5.74, 6) is 0. The van der Waals surface area contributed by atoms with Gasteiger partial charge in [-0.2, -0.15) is 0 Å². The van der Waals surface area contributed by atoms with Gasteiger partial charge in [0.15, 0.2) is 0 Å². The summed E-state index contributed by atoms with van der Waals surface area (Å²) >= 11 is 3.44. The van der Waals surface area contributed by atoms with Crippen molar-refractivity contribution in [1.82, 2.24) is 4.98 Å². The number of aryl methyl sites for hydroxylation is 1. The molecule has 1 unspecified atom stereocenters. The van der Waals surface area contributed by atoms with Gasteiger partial charge in [0, 0.05) is 21.1 Å². The number of aliphatic hydroxyl groups is 1. The lowest BCUT2D eigenvalue weighted by Gasteiger charge is -2.06. The standard InChI is InChI=1S/C11H13BrN2O/c1-6-8-4-7(12)2-3-10(8)14-11(6)9(13)5-15/h2-4,9,14-15H,5,13H2,1H3. The fraction of sp³-hybridized carbons (Fsp3) is 0.273. The van der Waals surface area contributed by atoms with E-state index in [0.717, 1.165) is 26.6 Å². The second kappa shape index (κ2) is 3.96. The van der Waals surface area contributed by atoms with Crippen molar-refractivity contribution < 1.29 is 5.11 Å². The zero-order valence-corrected chi connectivity index (χ0v) is 10.0. The van der Waals surface area contributed by atoms with Crippen LogP contribution < -0.4 is 5.73 Å². The van der Waals surface area contributed by atoms with E-state index in [1.165, 1.54) is 0 Å². The van der Waals surface area contributed by atoms with Gasteiger partial charge in [-0.15, -0.1) is 0 Å². The van der Waals surface area contributed by atoms with E-state index in [-0.39, 0.29) is 12.6 Å². The molecule has 4 N–H and O–H groups in total. The van der Waals surface area contributed by atoms with Crippen molar-refractivity contribution in [2.75, 3.05) is 6.61 Å². The van der Waals surface area contributed by atoms with E-state index >= 15 is 0 Å². The molecule has 0 aliphatic carbocycles. The largest absolute Gasteiger partial charge is 0.394 e. The molecule has 0 saturated carbocycles. The summed E-state index contributed by atoms with van der Waals surface area (Å²) in [6.45, 7) is 1.96. The number of rotatable bonds is 2. The number of benzene rings is 1. The van der Waals surface area contributed by atoms with E-state index in [4.69, 9.17) is 10.8 Å². The van der Waals surface area contributed by atoms with Gasteiger partial charge in [-0.1, -0.05) is 15.9 Å². The minimum absolute atomic E-state index is 0.0468. The van der Waals surface area contributed by atoms with Crippen LogP contribution >= 0.6 is 15.9 Å². The topological polar surface area (TPSA) is 62.0 Å². The second-order valence-electron chi connectivity index (χ2n) is 3.64. The van der Waals surface area contributed by atoms with Crippen molar-refractivity contribution in [2.45, 2.75) is 13.0 Å². The molecule has 0 spiro atoms. The van der Waals surface area contributed by atoms with Crippen LogP contribution in [0.1, 0.15) is 17.3 Å². The van der Waals surface area contributed by atoms with Gasteiger partial charge in [0.1, 0.15) is 0 Å². The second-order valence-corrected chi connectivity index (χ2v) is 4.56. The Morgan fingerprint density at radius 1 is 1.53 bits per heavy atom. The van der Waals surface area contributed by atoms with Crippen LogP contribution in [0.15, 0.2) is 22.7 Å². The molecule has 0 radical (unpaired) electrons. The summed E-state index contributed by atoms with van der Waals surface area (Å²) in [7, 11) is 0. The van der Waals surface area contributed by atoms with Crippen molar-refractivity contribution >= 4 is 26.8 Å². The smallest absolute Gasteiger partial charge is 0.0685 e. The predicted octanol–water partition coefficient (Wildman–Crippen LogP) is 2.23. The SMILES string of the molecule is Cc1c(C(N)CO)[nH]c2ccc(Br)cc12. The van der Waals surface area contributed by atoms with E-state index in [2.05, 4.69) is 27.0 Å². The van der Waals surface area contributed by atoms with Crippen molar-refractivity contribution in [3.8, 4) is 0 Å². The van der Waals surface area contributed by atoms with E-state index in [1.807, 2.05) is 19.1 Å². The Labute approximate surface area is 96.4 Å². The highest BCUT2D eigenvalue weighted by atomic mass is 79.9. The molecule has 80 valence electrons. The number of hydrogen-bond acceptors (Lipinski definition) is 2. The highest BCUT2D eigenvalue weighted by Gasteiger charge is 2.13. The van der Waals surface area contributed by atoms with Crippen LogP contribution in [0.4, 0.5) is 0 Å². The van der Waals surface area contributed by atoms with Gasteiger partial charge in [0.05, 0.1) is 12.6 Å². The third kappa shape index (κ3) is 1.80. The summed E-state index contributed by atoms with van der Waals surface area (Å²) in [6.07, 6.45) is 0. The van der Waals surface area contributed by atoms with Crippen LogP contribution in [0.2, 0.25) is 0 Å². The highest BCUT2D eigenvalue weighted by Crippen LogP contribution is 2.27. The lowest BCUT2D eigenvalue weighted by Crippen LogP contribution is -2.15. The first-order valence-electron chi connectivity index (χ1n) is 4.77. The molecule has 4 heteroatoms. The quantitative estimate of drug-likeness (QED) is 0.782. The normalized spacial score (nSPS) is 13.3. The Morgan fingerprint density at radius 3 is 2.93 bits per heavy atom. The maximum Gasteiger partial charge on any atom is 0.0685 e. The van der Waals surface area contributed by atoms with Crippen molar-refractivity contribution in [2.24, 2.45) is 5.73 Å². The maximum absolute atomic E-state index is 9.04. The molecule has 1 aromatic carbocycles. The average molecular weight is 269 g/mol. The fourth-order valence-corrected chi connectivity index (χ4v) is 2.14. The zero-order chi connectivity index (χ0) is 11.0. The predicted molar refractivity (Wildman–Crippen MR) is 64.7 cm³/mol. The molecule has 0 bridgehead atoms. The molecule has 2 rings (SSSR count). The molecule has 1 aromatic heterocycles. The summed E-state index contributed by atoms with van der Waals surface area (Å²) in [5.41, 5.74) is 8.87. The zero-order valence-electron chi connectivity index (χ0n) is 8.42. The van der Waals surface area contributed by atoms with E-state index in [0.29, 0.717) is 0 Å². The third-order valence-corrected chi connectivity index (χ3v) is 3.12. The summed E-state index contributed by atoms with van der Waals surface area (Å²) in [5, 5.41) is 10.2. The monoisotopic (exact) mass is 268 g/mol. The highest BCUT2D eigenvalue weighted by molar-refractivity contribution is 9.10. The minimum Gasteiger partial charge on any atom is -0.394 e. The Balaban J connectivity index is 2.64. The first-order chi connectivity index (χ1) is 7.13. The summed E-state index contributed by atoms with van der Waals surface area (Å²) < 4.78 is 1.04. The molecule has 0 aliphatic heterocycles. The molecular formula is C11H13BrN2O. The fourth-order valence-electron chi connectivity index (χ4n) is 1.78. The Bertz CT molecular complexity index is 493. The van der Waals surface area contributed by atoms with Crippen molar-refractivity contribution in [3.63, 3.8) is 0 Å². The molecule has 0 amide bonds. The number of fused-ring (bicyclic) bond motifs is 1. The third-order valence-electron chi connectivity index (χ3n) is 2.63. The van der Waals surface area contributed by atoms with Crippen LogP contribution in [-0.2, 0) is 0 Å². The number of aromatic amines is 1. The van der Waals surface area contributed by atoms with E-state index < -0.39 is 0 Å². The minimum atomic E-state index is -0.337. The van der Waals surface area contributed by atoms with Crippen LogP contribution in [0.25, 0.3) is 10.9 Å². The van der Waals surface area contributed by atoms with Gasteiger partial charge in [0.2, 0.25) is 0 Å². The molecular weight excluding hydrogens is 256 g/mol. The molecule has 3 nitrogen and oxygen atoms in total. The lowest BCUT2D eigenvalue weighted by molar-refractivity contribution is 0.266. The van der Waals surface area contributed by atoms with Crippen LogP contribution in [-0.4, -0.2) is 16.7 Å². The van der Waals surface area contributed by atoms with Crippen LogP contribution in [0.5, 0.6) is 0 Å². The summed E-state index contributed by atoms with van der Waals surface area (Å²) in [6, 6.07) is 5.69. The van der Waals surface area contributed by atoms with Crippen molar-refractivity contribution in [3.05, 3.63) is 33.9 Å². The van der Waals surface area contributed by atoms with Gasteiger partial charge < -0.3 is 15.8 Å². The molecule has 0 aliphatic rings. The Morgan fingerprint density at radius 2 is 2.27 bits per heavy atom. The molecule has 15 heavy (non-hydrogen) atoms. The van der Waals surface area contributed by atoms with Gasteiger partial charge in [-0.25, -0.2) is 0 Å². The number of H-pyrrole nitrogens is 1. The van der Waals surface area contributed by atoms with Gasteiger partial charge in [-0.3, -0.25) is 0 Å². The number of nitrogens with one attached hydrogen (secondary N) is 1. The van der Waals surface area contributed by atoms with Gasteiger partial charge >= 0.3 is 0 Å². The lowest BCUT2D eigenvalue weighted by atomic mass is 10.1. The van der Waals surface area contributed by atoms with Crippen LogP contribution in [0.3, 0.4) is 0 Å². The average Bonchev–Trinajstić information content (AvgIpc) is 2.55. The van der Waals surface area contributed by atoms with E-state index in [1.54, 1.807) is 0 Å². The Hall–Kier alpha value is -0.840. The number of aliphatic hydroxyl groups excluding tert-OH is 1. The molecule has 1 heterocycles. The maximum atomic E-state index is 9.04. The molecule has 1 atom stereocenters. The van der Waals surface area contributed by atoms with Crippen molar-refractivity contribution in [1.29, 1.82) is 0 Å². The molecule has 0 saturated heterocycles. The number of halogens is 1. The number of aromatic nitrogens is 1.